The van der Waals surface area contributed by atoms with Crippen LogP contribution in [0.15, 0.2) is 72.9 Å². The number of fused-ring (bicyclic) bond motifs is 1. The summed E-state index contributed by atoms with van der Waals surface area (Å²) < 4.78 is 10.5. The minimum absolute atomic E-state index is 0.212. The van der Waals surface area contributed by atoms with Crippen LogP contribution in [0.1, 0.15) is 33.2 Å². The molecule has 0 aliphatic heterocycles. The molecule has 4 rings (SSSR count). The quantitative estimate of drug-likeness (QED) is 0.315. The molecule has 3 aromatic carbocycles. The molecular formula is C28H28N2O5. The van der Waals surface area contributed by atoms with Crippen molar-refractivity contribution >= 4 is 22.8 Å². The van der Waals surface area contributed by atoms with Gasteiger partial charge in [0.05, 0.1) is 37.5 Å². The maximum absolute atomic E-state index is 13.3. The number of aromatic amines is 1. The Balaban J connectivity index is 1.60. The molecule has 35 heavy (non-hydrogen) atoms. The molecule has 7 heteroatoms. The van der Waals surface area contributed by atoms with E-state index in [1.807, 2.05) is 49.5 Å². The number of aliphatic hydroxyl groups excluding tert-OH is 1. The fraction of sp³-hybridized carbons (Fsp3) is 0.214. The maximum Gasteiger partial charge on any atom is 0.337 e. The Kier molecular flexibility index (Phi) is 7.48. The van der Waals surface area contributed by atoms with Crippen molar-refractivity contribution in [3.8, 4) is 16.9 Å². The SMILES string of the molecule is CCOc1ccc(-c2cccc(C(=O)OC)c2)cc1C(=O)NC(CO)Cc1c[nH]c2ccccc12. The van der Waals surface area contributed by atoms with Crippen LogP contribution in [0.3, 0.4) is 0 Å². The molecule has 3 N–H and O–H groups in total. The van der Waals surface area contributed by atoms with E-state index in [2.05, 4.69) is 10.3 Å². The van der Waals surface area contributed by atoms with Crippen LogP contribution in [-0.4, -0.2) is 48.3 Å². The van der Waals surface area contributed by atoms with Gasteiger partial charge in [0.1, 0.15) is 5.75 Å². The van der Waals surface area contributed by atoms with Gasteiger partial charge in [0.15, 0.2) is 0 Å². The Hall–Kier alpha value is -4.10. The summed E-state index contributed by atoms with van der Waals surface area (Å²) in [6, 6.07) is 19.8. The van der Waals surface area contributed by atoms with Gasteiger partial charge in [-0.15, -0.1) is 0 Å². The zero-order chi connectivity index (χ0) is 24.8. The molecule has 1 amide bonds. The molecular weight excluding hydrogens is 444 g/mol. The minimum atomic E-state index is -0.484. The molecule has 7 nitrogen and oxygen atoms in total. The van der Waals surface area contributed by atoms with Crippen LogP contribution in [0.25, 0.3) is 22.0 Å². The van der Waals surface area contributed by atoms with Crippen molar-refractivity contribution in [2.45, 2.75) is 19.4 Å². The molecule has 0 saturated heterocycles. The van der Waals surface area contributed by atoms with Gasteiger partial charge >= 0.3 is 5.97 Å². The monoisotopic (exact) mass is 472 g/mol. The molecule has 0 radical (unpaired) electrons. The molecule has 0 aliphatic carbocycles. The maximum atomic E-state index is 13.3. The van der Waals surface area contributed by atoms with Crippen LogP contribution >= 0.6 is 0 Å². The Morgan fingerprint density at radius 3 is 2.60 bits per heavy atom. The molecule has 1 unspecified atom stereocenters. The Labute approximate surface area is 203 Å². The number of aromatic nitrogens is 1. The number of hydrogen-bond acceptors (Lipinski definition) is 5. The van der Waals surface area contributed by atoms with Crippen LogP contribution in [0, 0.1) is 0 Å². The van der Waals surface area contributed by atoms with Gasteiger partial charge in [-0.25, -0.2) is 4.79 Å². The highest BCUT2D eigenvalue weighted by Gasteiger charge is 2.20. The fourth-order valence-electron chi connectivity index (χ4n) is 4.10. The lowest BCUT2D eigenvalue weighted by atomic mass is 9.99. The topological polar surface area (TPSA) is 101 Å². The number of aliphatic hydroxyl groups is 1. The lowest BCUT2D eigenvalue weighted by Gasteiger charge is -2.18. The highest BCUT2D eigenvalue weighted by Crippen LogP contribution is 2.28. The zero-order valence-corrected chi connectivity index (χ0v) is 19.7. The van der Waals surface area contributed by atoms with E-state index in [9.17, 15) is 14.7 Å². The molecule has 180 valence electrons. The standard InChI is InChI=1S/C28H28N2O5/c1-3-35-26-12-11-19(18-7-6-8-20(13-18)28(33)34-2)15-24(26)27(32)30-22(17-31)14-21-16-29-25-10-5-4-9-23(21)25/h4-13,15-16,22,29,31H,3,14,17H2,1-2H3,(H,30,32). The van der Waals surface area contributed by atoms with Gasteiger partial charge < -0.3 is 24.9 Å². The van der Waals surface area contributed by atoms with E-state index >= 15 is 0 Å². The third-order valence-electron chi connectivity index (χ3n) is 5.84. The summed E-state index contributed by atoms with van der Waals surface area (Å²) in [4.78, 5) is 28.5. The van der Waals surface area contributed by atoms with E-state index in [1.165, 1.54) is 7.11 Å². The van der Waals surface area contributed by atoms with Crippen molar-refractivity contribution in [3.05, 3.63) is 89.6 Å². The van der Waals surface area contributed by atoms with Gasteiger partial charge in [-0.05, 0) is 60.4 Å². The predicted molar refractivity (Wildman–Crippen MR) is 135 cm³/mol. The van der Waals surface area contributed by atoms with Gasteiger partial charge in [-0.2, -0.15) is 0 Å². The smallest absolute Gasteiger partial charge is 0.337 e. The molecule has 1 heterocycles. The van der Waals surface area contributed by atoms with E-state index in [0.717, 1.165) is 27.6 Å². The average Bonchev–Trinajstić information content (AvgIpc) is 3.30. The highest BCUT2D eigenvalue weighted by molar-refractivity contribution is 5.99. The van der Waals surface area contributed by atoms with Gasteiger partial charge in [-0.3, -0.25) is 4.79 Å². The molecule has 0 bridgehead atoms. The number of ether oxygens (including phenoxy) is 2. The Bertz CT molecular complexity index is 1340. The number of nitrogens with one attached hydrogen (secondary N) is 2. The third-order valence-corrected chi connectivity index (χ3v) is 5.84. The third kappa shape index (κ3) is 5.36. The van der Waals surface area contributed by atoms with Crippen LogP contribution < -0.4 is 10.1 Å². The summed E-state index contributed by atoms with van der Waals surface area (Å²) in [6.45, 7) is 2.04. The van der Waals surface area contributed by atoms with Crippen molar-refractivity contribution in [2.24, 2.45) is 0 Å². The van der Waals surface area contributed by atoms with E-state index in [1.54, 1.807) is 30.3 Å². The van der Waals surface area contributed by atoms with Gasteiger partial charge in [-0.1, -0.05) is 36.4 Å². The number of amides is 1. The lowest BCUT2D eigenvalue weighted by molar-refractivity contribution is 0.0600. The summed E-state index contributed by atoms with van der Waals surface area (Å²) in [5, 5.41) is 14.0. The number of H-pyrrole nitrogens is 1. The first kappa shape index (κ1) is 24.0. The average molecular weight is 473 g/mol. The second-order valence-electron chi connectivity index (χ2n) is 8.13. The number of carbonyl (C=O) groups excluding carboxylic acids is 2. The first-order chi connectivity index (χ1) is 17.0. The molecule has 1 aromatic heterocycles. The highest BCUT2D eigenvalue weighted by atomic mass is 16.5. The molecule has 4 aromatic rings. The zero-order valence-electron chi connectivity index (χ0n) is 19.7. The van der Waals surface area contributed by atoms with Crippen LogP contribution in [0.4, 0.5) is 0 Å². The van der Waals surface area contributed by atoms with Crippen molar-refractivity contribution in [2.75, 3.05) is 20.3 Å². The number of esters is 1. The van der Waals surface area contributed by atoms with Crippen molar-refractivity contribution in [1.29, 1.82) is 0 Å². The summed E-state index contributed by atoms with van der Waals surface area (Å²) in [6.07, 6.45) is 2.37. The summed E-state index contributed by atoms with van der Waals surface area (Å²) in [5.41, 5.74) is 4.31. The normalized spacial score (nSPS) is 11.7. The van der Waals surface area contributed by atoms with Gasteiger partial charge in [0.2, 0.25) is 0 Å². The molecule has 0 saturated carbocycles. The van der Waals surface area contributed by atoms with E-state index in [4.69, 9.17) is 9.47 Å². The largest absolute Gasteiger partial charge is 0.493 e. The van der Waals surface area contributed by atoms with E-state index in [-0.39, 0.29) is 12.5 Å². The summed E-state index contributed by atoms with van der Waals surface area (Å²) >= 11 is 0. The summed E-state index contributed by atoms with van der Waals surface area (Å²) in [7, 11) is 1.34. The van der Waals surface area contributed by atoms with Gasteiger partial charge in [0, 0.05) is 17.1 Å². The Morgan fingerprint density at radius 1 is 1.03 bits per heavy atom. The number of benzene rings is 3. The van der Waals surface area contributed by atoms with Crippen molar-refractivity contribution < 1.29 is 24.2 Å². The number of carbonyl (C=O) groups is 2. The molecule has 1 atom stereocenters. The Morgan fingerprint density at radius 2 is 1.83 bits per heavy atom. The van der Waals surface area contributed by atoms with Gasteiger partial charge in [0.25, 0.3) is 5.91 Å². The lowest BCUT2D eigenvalue weighted by Crippen LogP contribution is -2.39. The van der Waals surface area contributed by atoms with Crippen molar-refractivity contribution in [3.63, 3.8) is 0 Å². The summed E-state index contributed by atoms with van der Waals surface area (Å²) in [5.74, 6) is -0.334. The van der Waals surface area contributed by atoms with Crippen LogP contribution in [-0.2, 0) is 11.2 Å². The van der Waals surface area contributed by atoms with Crippen LogP contribution in [0.2, 0.25) is 0 Å². The first-order valence-corrected chi connectivity index (χ1v) is 11.5. The number of rotatable bonds is 9. The molecule has 0 spiro atoms. The van der Waals surface area contributed by atoms with E-state index < -0.39 is 12.0 Å². The second kappa shape index (κ2) is 10.9. The number of hydrogen-bond donors (Lipinski definition) is 3. The van der Waals surface area contributed by atoms with Crippen molar-refractivity contribution in [1.82, 2.24) is 10.3 Å². The van der Waals surface area contributed by atoms with E-state index in [0.29, 0.717) is 29.9 Å². The number of para-hydroxylation sites is 1. The first-order valence-electron chi connectivity index (χ1n) is 11.5. The molecule has 0 fully saturated rings. The second-order valence-corrected chi connectivity index (χ2v) is 8.13. The van der Waals surface area contributed by atoms with Crippen LogP contribution in [0.5, 0.6) is 5.75 Å². The fourth-order valence-corrected chi connectivity index (χ4v) is 4.10. The number of methoxy groups -OCH3 is 1. The molecule has 0 aliphatic rings. The predicted octanol–water partition coefficient (Wildman–Crippen LogP) is 4.35. The minimum Gasteiger partial charge on any atom is -0.493 e.